The molecule has 2 N–H and O–H groups in total. The van der Waals surface area contributed by atoms with Crippen LogP contribution >= 0.6 is 0 Å². The Morgan fingerprint density at radius 1 is 1.15 bits per heavy atom. The van der Waals surface area contributed by atoms with E-state index in [1.807, 2.05) is 6.20 Å². The number of nitrogens with zero attached hydrogens (tertiary/aromatic N) is 4. The van der Waals surface area contributed by atoms with Crippen molar-refractivity contribution in [1.82, 2.24) is 19.7 Å². The van der Waals surface area contributed by atoms with Crippen molar-refractivity contribution in [1.29, 1.82) is 0 Å². The van der Waals surface area contributed by atoms with Crippen molar-refractivity contribution >= 4 is 0 Å². The highest BCUT2D eigenvalue weighted by atomic mass is 15.3. The van der Waals surface area contributed by atoms with Gasteiger partial charge in [0.2, 0.25) is 0 Å². The third kappa shape index (κ3) is 4.83. The van der Waals surface area contributed by atoms with E-state index >= 15 is 0 Å². The number of piperazine rings is 1. The van der Waals surface area contributed by atoms with Gasteiger partial charge in [0.25, 0.3) is 0 Å². The molecule has 2 heterocycles. The smallest absolute Gasteiger partial charge is 0.0544 e. The molecule has 1 aliphatic heterocycles. The first-order valence-electron chi connectivity index (χ1n) is 7.40. The average Bonchev–Trinajstić information content (AvgIpc) is 2.47. The quantitative estimate of drug-likeness (QED) is 0.806. The molecule has 0 saturated carbocycles. The Morgan fingerprint density at radius 2 is 1.85 bits per heavy atom. The van der Waals surface area contributed by atoms with Crippen LogP contribution in [0.3, 0.4) is 0 Å². The number of hydrogen-bond acceptors (Lipinski definition) is 5. The molecule has 1 fully saturated rings. The van der Waals surface area contributed by atoms with Crippen LogP contribution in [0.5, 0.6) is 0 Å². The highest BCUT2D eigenvalue weighted by Crippen LogP contribution is 2.07. The van der Waals surface area contributed by atoms with E-state index in [9.17, 15) is 0 Å². The lowest BCUT2D eigenvalue weighted by atomic mass is 10.2. The van der Waals surface area contributed by atoms with E-state index in [0.29, 0.717) is 6.54 Å². The molecule has 0 unspecified atom stereocenters. The lowest BCUT2D eigenvalue weighted by Gasteiger charge is -2.35. The van der Waals surface area contributed by atoms with Gasteiger partial charge in [-0.15, -0.1) is 0 Å². The van der Waals surface area contributed by atoms with Crippen LogP contribution in [0.2, 0.25) is 0 Å². The SMILES string of the molecule is CN(C)CCN1CCN(Cc2ccc(CN)cn2)CC1. The van der Waals surface area contributed by atoms with E-state index in [1.54, 1.807) is 0 Å². The van der Waals surface area contributed by atoms with Gasteiger partial charge in [-0.25, -0.2) is 0 Å². The van der Waals surface area contributed by atoms with Crippen molar-refractivity contribution in [3.8, 4) is 0 Å². The molecule has 5 nitrogen and oxygen atoms in total. The Kier molecular flexibility index (Phi) is 5.91. The predicted molar refractivity (Wildman–Crippen MR) is 82.4 cm³/mol. The maximum atomic E-state index is 5.59. The number of likely N-dealkylation sites (N-methyl/N-ethyl adjacent to an activating group) is 1. The van der Waals surface area contributed by atoms with E-state index in [-0.39, 0.29) is 0 Å². The zero-order valence-corrected chi connectivity index (χ0v) is 12.8. The average molecular weight is 277 g/mol. The van der Waals surface area contributed by atoms with Crippen LogP contribution in [-0.4, -0.2) is 73.0 Å². The Hall–Kier alpha value is -1.01. The lowest BCUT2D eigenvalue weighted by Crippen LogP contribution is -2.47. The monoisotopic (exact) mass is 277 g/mol. The summed E-state index contributed by atoms with van der Waals surface area (Å²) in [5.41, 5.74) is 7.83. The van der Waals surface area contributed by atoms with Crippen LogP contribution < -0.4 is 5.73 Å². The van der Waals surface area contributed by atoms with Crippen molar-refractivity contribution in [2.45, 2.75) is 13.1 Å². The highest BCUT2D eigenvalue weighted by Gasteiger charge is 2.16. The first-order valence-corrected chi connectivity index (χ1v) is 7.40. The Bertz CT molecular complexity index is 382. The molecule has 112 valence electrons. The molecule has 0 atom stereocenters. The summed E-state index contributed by atoms with van der Waals surface area (Å²) in [6, 6.07) is 4.18. The molecular weight excluding hydrogens is 250 g/mol. The van der Waals surface area contributed by atoms with Gasteiger partial charge < -0.3 is 10.6 Å². The van der Waals surface area contributed by atoms with Crippen molar-refractivity contribution < 1.29 is 0 Å². The fourth-order valence-corrected chi connectivity index (χ4v) is 2.41. The van der Waals surface area contributed by atoms with Crippen LogP contribution in [0.15, 0.2) is 18.3 Å². The summed E-state index contributed by atoms with van der Waals surface area (Å²) in [6.45, 7) is 8.42. The normalized spacial score (nSPS) is 17.8. The molecule has 0 spiro atoms. The first-order chi connectivity index (χ1) is 9.67. The van der Waals surface area contributed by atoms with Crippen molar-refractivity contribution in [2.24, 2.45) is 5.73 Å². The first kappa shape index (κ1) is 15.4. The summed E-state index contributed by atoms with van der Waals surface area (Å²) in [6.07, 6.45) is 1.89. The zero-order chi connectivity index (χ0) is 14.4. The van der Waals surface area contributed by atoms with Gasteiger partial charge in [0.1, 0.15) is 0 Å². The van der Waals surface area contributed by atoms with E-state index in [0.717, 1.165) is 50.5 Å². The van der Waals surface area contributed by atoms with Crippen LogP contribution in [-0.2, 0) is 13.1 Å². The summed E-state index contributed by atoms with van der Waals surface area (Å²) in [7, 11) is 4.26. The second kappa shape index (κ2) is 7.69. The number of hydrogen-bond donors (Lipinski definition) is 1. The molecule has 0 aromatic carbocycles. The largest absolute Gasteiger partial charge is 0.326 e. The summed E-state index contributed by atoms with van der Waals surface area (Å²) >= 11 is 0. The molecule has 0 bridgehead atoms. The number of pyridine rings is 1. The minimum Gasteiger partial charge on any atom is -0.326 e. The molecule has 1 aromatic heterocycles. The van der Waals surface area contributed by atoms with Crippen LogP contribution in [0.25, 0.3) is 0 Å². The van der Waals surface area contributed by atoms with E-state index in [4.69, 9.17) is 5.73 Å². The van der Waals surface area contributed by atoms with Crippen LogP contribution in [0.1, 0.15) is 11.3 Å². The third-order valence-electron chi connectivity index (χ3n) is 3.84. The van der Waals surface area contributed by atoms with Crippen molar-refractivity contribution in [3.05, 3.63) is 29.6 Å². The summed E-state index contributed by atoms with van der Waals surface area (Å²) in [5.74, 6) is 0. The molecule has 5 heteroatoms. The molecule has 0 amide bonds. The molecule has 1 saturated heterocycles. The summed E-state index contributed by atoms with van der Waals surface area (Å²) < 4.78 is 0. The van der Waals surface area contributed by atoms with Gasteiger partial charge in [-0.2, -0.15) is 0 Å². The Balaban J connectivity index is 1.73. The number of rotatable bonds is 6. The zero-order valence-electron chi connectivity index (χ0n) is 12.8. The maximum Gasteiger partial charge on any atom is 0.0544 e. The van der Waals surface area contributed by atoms with Gasteiger partial charge in [-0.3, -0.25) is 14.8 Å². The van der Waals surface area contributed by atoms with Gasteiger partial charge in [-0.1, -0.05) is 6.07 Å². The minimum absolute atomic E-state index is 0.567. The van der Waals surface area contributed by atoms with Crippen LogP contribution in [0.4, 0.5) is 0 Å². The van der Waals surface area contributed by atoms with Crippen LogP contribution in [0, 0.1) is 0 Å². The van der Waals surface area contributed by atoms with Gasteiger partial charge >= 0.3 is 0 Å². The van der Waals surface area contributed by atoms with Gasteiger partial charge in [-0.05, 0) is 25.7 Å². The molecule has 1 aliphatic rings. The molecule has 20 heavy (non-hydrogen) atoms. The number of aromatic nitrogens is 1. The standard InChI is InChI=1S/C15H27N5/c1-18(2)5-6-19-7-9-20(10-8-19)13-15-4-3-14(11-16)12-17-15/h3-4,12H,5-11,13,16H2,1-2H3. The van der Waals surface area contributed by atoms with Crippen molar-refractivity contribution in [2.75, 3.05) is 53.4 Å². The van der Waals surface area contributed by atoms with Crippen molar-refractivity contribution in [3.63, 3.8) is 0 Å². The fourth-order valence-electron chi connectivity index (χ4n) is 2.41. The number of nitrogens with two attached hydrogens (primary N) is 1. The Morgan fingerprint density at radius 3 is 2.40 bits per heavy atom. The molecule has 1 aromatic rings. The van der Waals surface area contributed by atoms with E-state index in [1.165, 1.54) is 6.54 Å². The maximum absolute atomic E-state index is 5.59. The van der Waals surface area contributed by atoms with E-state index in [2.05, 4.69) is 45.9 Å². The molecule has 2 rings (SSSR count). The van der Waals surface area contributed by atoms with E-state index < -0.39 is 0 Å². The minimum atomic E-state index is 0.567. The summed E-state index contributed by atoms with van der Waals surface area (Å²) in [4.78, 5) is 11.8. The molecule has 0 aliphatic carbocycles. The van der Waals surface area contributed by atoms with Gasteiger partial charge in [0.05, 0.1) is 5.69 Å². The van der Waals surface area contributed by atoms with Gasteiger partial charge in [0.15, 0.2) is 0 Å². The molecular formula is C15H27N5. The highest BCUT2D eigenvalue weighted by molar-refractivity contribution is 5.13. The lowest BCUT2D eigenvalue weighted by molar-refractivity contribution is 0.119. The summed E-state index contributed by atoms with van der Waals surface area (Å²) in [5, 5.41) is 0. The predicted octanol–water partition coefficient (Wildman–Crippen LogP) is 0.220. The fraction of sp³-hybridized carbons (Fsp3) is 0.667. The topological polar surface area (TPSA) is 48.6 Å². The second-order valence-electron chi connectivity index (χ2n) is 5.78. The third-order valence-corrected chi connectivity index (χ3v) is 3.84. The Labute approximate surface area is 122 Å². The molecule has 0 radical (unpaired) electrons. The second-order valence-corrected chi connectivity index (χ2v) is 5.78. The van der Waals surface area contributed by atoms with Gasteiger partial charge in [0, 0.05) is 58.6 Å².